The van der Waals surface area contributed by atoms with Crippen LogP contribution in [0, 0.1) is 0 Å². The third kappa shape index (κ3) is 4.97. The maximum atomic E-state index is 12.3. The fourth-order valence-corrected chi connectivity index (χ4v) is 3.35. The summed E-state index contributed by atoms with van der Waals surface area (Å²) in [4.78, 5) is 34.9. The van der Waals surface area contributed by atoms with Crippen molar-refractivity contribution in [3.8, 4) is 0 Å². The van der Waals surface area contributed by atoms with E-state index in [0.717, 1.165) is 16.7 Å². The number of para-hydroxylation sites is 1. The second kappa shape index (κ2) is 9.62. The number of rotatable bonds is 4. The molecular formula is C27H21N3O3. The highest BCUT2D eigenvalue weighted by Crippen LogP contribution is 2.19. The number of nitrogens with two attached hydrogens (primary N) is 1. The van der Waals surface area contributed by atoms with Crippen molar-refractivity contribution >= 4 is 34.4 Å². The summed E-state index contributed by atoms with van der Waals surface area (Å²) in [5.41, 5.74) is 9.30. The van der Waals surface area contributed by atoms with Gasteiger partial charge in [0, 0.05) is 33.4 Å². The van der Waals surface area contributed by atoms with Gasteiger partial charge in [0.25, 0.3) is 11.8 Å². The van der Waals surface area contributed by atoms with Crippen LogP contribution < -0.4 is 11.1 Å². The lowest BCUT2D eigenvalue weighted by Gasteiger charge is -2.03. The number of primary amides is 1. The first-order chi connectivity index (χ1) is 16.0. The van der Waals surface area contributed by atoms with Crippen LogP contribution in [0.5, 0.6) is 0 Å². The maximum Gasteiger partial charge on any atom is 0.262 e. The fraction of sp³-hybridized carbons (Fsp3) is 0. The zero-order valence-electron chi connectivity index (χ0n) is 17.6. The van der Waals surface area contributed by atoms with Crippen LogP contribution in [-0.4, -0.2) is 22.3 Å². The van der Waals surface area contributed by atoms with Crippen LogP contribution in [0.15, 0.2) is 109 Å². The molecule has 0 aliphatic carbocycles. The van der Waals surface area contributed by atoms with Crippen LogP contribution in [0.1, 0.15) is 31.1 Å². The number of amides is 2. The second-order valence-electron chi connectivity index (χ2n) is 7.28. The van der Waals surface area contributed by atoms with E-state index >= 15 is 0 Å². The van der Waals surface area contributed by atoms with Gasteiger partial charge in [-0.15, -0.1) is 0 Å². The molecule has 2 bridgehead atoms. The van der Waals surface area contributed by atoms with E-state index in [1.54, 1.807) is 41.0 Å². The SMILES string of the molecule is NC(=O)c1ccc(C(=O)n2c3ccc2cc3)cc1.O=C(Nc1ccccc1)c1ccccc1. The summed E-state index contributed by atoms with van der Waals surface area (Å²) in [6.45, 7) is 0. The largest absolute Gasteiger partial charge is 0.366 e. The Morgan fingerprint density at radius 1 is 0.576 bits per heavy atom. The van der Waals surface area contributed by atoms with Gasteiger partial charge in [0.05, 0.1) is 0 Å². The number of hydrogen-bond donors (Lipinski definition) is 2. The predicted molar refractivity (Wildman–Crippen MR) is 129 cm³/mol. The van der Waals surface area contributed by atoms with Crippen molar-refractivity contribution in [3.63, 3.8) is 0 Å². The number of hydrogen-bond acceptors (Lipinski definition) is 3. The molecule has 0 radical (unpaired) electrons. The zero-order valence-corrected chi connectivity index (χ0v) is 17.6. The third-order valence-corrected chi connectivity index (χ3v) is 5.05. The number of aromatic nitrogens is 1. The van der Waals surface area contributed by atoms with Crippen molar-refractivity contribution in [2.45, 2.75) is 0 Å². The van der Waals surface area contributed by atoms with E-state index in [9.17, 15) is 14.4 Å². The molecule has 5 rings (SSSR count). The zero-order chi connectivity index (χ0) is 23.2. The highest BCUT2D eigenvalue weighted by Gasteiger charge is 2.14. The molecule has 33 heavy (non-hydrogen) atoms. The predicted octanol–water partition coefficient (Wildman–Crippen LogP) is 4.81. The first-order valence-electron chi connectivity index (χ1n) is 10.3. The van der Waals surface area contributed by atoms with E-state index in [4.69, 9.17) is 5.73 Å². The standard InChI is InChI=1S/C14H10N2O2.C13H11NO/c15-13(17)9-1-3-10(4-2-9)14(18)16-11-5-6-12(16)8-7-11;15-13(11-7-3-1-4-8-11)14-12-9-5-2-6-10-12/h1-8H,(H2,15,17);1-10H,(H,14,15). The maximum absolute atomic E-state index is 12.3. The molecule has 3 aromatic carbocycles. The van der Waals surface area contributed by atoms with E-state index in [0.29, 0.717) is 16.7 Å². The van der Waals surface area contributed by atoms with Crippen LogP contribution in [0.3, 0.4) is 0 Å². The normalized spacial score (nSPS) is 10.3. The summed E-state index contributed by atoms with van der Waals surface area (Å²) >= 11 is 0. The van der Waals surface area contributed by atoms with Crippen LogP contribution in [0.25, 0.3) is 11.0 Å². The smallest absolute Gasteiger partial charge is 0.262 e. The number of carbonyl (C=O) groups is 3. The van der Waals surface area contributed by atoms with Gasteiger partial charge < -0.3 is 11.1 Å². The lowest BCUT2D eigenvalue weighted by atomic mass is 10.1. The van der Waals surface area contributed by atoms with Crippen LogP contribution in [-0.2, 0) is 0 Å². The molecule has 2 heterocycles. The first-order valence-corrected chi connectivity index (χ1v) is 10.3. The van der Waals surface area contributed by atoms with E-state index in [1.165, 1.54) is 0 Å². The summed E-state index contributed by atoms with van der Waals surface area (Å²) in [6.07, 6.45) is 0. The highest BCUT2D eigenvalue weighted by atomic mass is 16.2. The van der Waals surface area contributed by atoms with Gasteiger partial charge in [0.2, 0.25) is 5.91 Å². The lowest BCUT2D eigenvalue weighted by molar-refractivity contribution is 0.0965. The van der Waals surface area contributed by atoms with Gasteiger partial charge in [-0.05, 0) is 72.8 Å². The van der Waals surface area contributed by atoms with E-state index < -0.39 is 5.91 Å². The summed E-state index contributed by atoms with van der Waals surface area (Å²) in [7, 11) is 0. The van der Waals surface area contributed by atoms with E-state index in [-0.39, 0.29) is 11.8 Å². The Balaban J connectivity index is 0.000000160. The van der Waals surface area contributed by atoms with Crippen LogP contribution in [0.2, 0.25) is 0 Å². The van der Waals surface area contributed by atoms with Crippen LogP contribution in [0.4, 0.5) is 5.69 Å². The number of fused-ring (bicyclic) bond motifs is 2. The molecule has 0 aliphatic heterocycles. The van der Waals surface area contributed by atoms with E-state index in [1.807, 2.05) is 72.8 Å². The summed E-state index contributed by atoms with van der Waals surface area (Å²) in [5, 5.41) is 2.82. The van der Waals surface area contributed by atoms with Crippen molar-refractivity contribution < 1.29 is 14.4 Å². The molecule has 0 aliphatic rings. The Labute approximate surface area is 190 Å². The minimum atomic E-state index is -0.498. The van der Waals surface area contributed by atoms with Gasteiger partial charge in [-0.25, -0.2) is 0 Å². The van der Waals surface area contributed by atoms with Gasteiger partial charge >= 0.3 is 0 Å². The molecule has 0 spiro atoms. The number of anilines is 1. The van der Waals surface area contributed by atoms with Gasteiger partial charge in [-0.3, -0.25) is 19.0 Å². The number of nitrogens with one attached hydrogen (secondary N) is 1. The number of carbonyl (C=O) groups excluding carboxylic acids is 3. The monoisotopic (exact) mass is 435 g/mol. The van der Waals surface area contributed by atoms with Crippen molar-refractivity contribution in [1.29, 1.82) is 0 Å². The van der Waals surface area contributed by atoms with Gasteiger partial charge in [-0.1, -0.05) is 36.4 Å². The molecule has 6 nitrogen and oxygen atoms in total. The average Bonchev–Trinajstić information content (AvgIpc) is 3.46. The quantitative estimate of drug-likeness (QED) is 0.424. The van der Waals surface area contributed by atoms with Gasteiger partial charge in [-0.2, -0.15) is 0 Å². The van der Waals surface area contributed by atoms with Crippen LogP contribution >= 0.6 is 0 Å². The molecule has 0 saturated carbocycles. The van der Waals surface area contributed by atoms with Crippen molar-refractivity contribution in [3.05, 3.63) is 126 Å². The number of benzene rings is 4. The summed E-state index contributed by atoms with van der Waals surface area (Å²) in [6, 6.07) is 32.5. The third-order valence-electron chi connectivity index (χ3n) is 5.05. The average molecular weight is 435 g/mol. The minimum absolute atomic E-state index is 0.0817. The second-order valence-corrected chi connectivity index (χ2v) is 7.28. The van der Waals surface area contributed by atoms with Gasteiger partial charge in [0.15, 0.2) is 0 Å². The van der Waals surface area contributed by atoms with Crippen molar-refractivity contribution in [1.82, 2.24) is 4.57 Å². The minimum Gasteiger partial charge on any atom is -0.366 e. The van der Waals surface area contributed by atoms with Crippen molar-refractivity contribution in [2.24, 2.45) is 5.73 Å². The summed E-state index contributed by atoms with van der Waals surface area (Å²) in [5.74, 6) is -0.685. The summed E-state index contributed by atoms with van der Waals surface area (Å²) < 4.78 is 1.64. The molecule has 3 N–H and O–H groups in total. The topological polar surface area (TPSA) is 94.2 Å². The molecular weight excluding hydrogens is 414 g/mol. The molecule has 0 unspecified atom stereocenters. The Hall–Kier alpha value is -4.71. The molecule has 0 atom stereocenters. The highest BCUT2D eigenvalue weighted by molar-refractivity contribution is 6.04. The molecule has 162 valence electrons. The van der Waals surface area contributed by atoms with E-state index in [2.05, 4.69) is 5.32 Å². The first kappa shape index (κ1) is 21.5. The Bertz CT molecular complexity index is 1330. The Morgan fingerprint density at radius 3 is 1.58 bits per heavy atom. The fourth-order valence-electron chi connectivity index (χ4n) is 3.35. The van der Waals surface area contributed by atoms with Gasteiger partial charge in [0.1, 0.15) is 0 Å². The lowest BCUT2D eigenvalue weighted by Crippen LogP contribution is -2.13. The molecule has 5 aromatic rings. The number of nitrogens with zero attached hydrogens (tertiary/aromatic N) is 1. The van der Waals surface area contributed by atoms with Crippen molar-refractivity contribution in [2.75, 3.05) is 5.32 Å². The molecule has 0 saturated heterocycles. The molecule has 0 fully saturated rings. The Kier molecular flexibility index (Phi) is 6.27. The molecule has 2 aromatic heterocycles. The molecule has 2 amide bonds. The molecule has 6 heteroatoms. The Morgan fingerprint density at radius 2 is 1.06 bits per heavy atom.